The summed E-state index contributed by atoms with van der Waals surface area (Å²) < 4.78 is 5.64. The molecule has 0 fully saturated rings. The molecule has 0 heterocycles. The fourth-order valence-corrected chi connectivity index (χ4v) is 1.90. The highest BCUT2D eigenvalue weighted by molar-refractivity contribution is 9.10. The topological polar surface area (TPSA) is 43.4 Å². The Morgan fingerprint density at radius 1 is 1.31 bits per heavy atom. The molecule has 0 aliphatic carbocycles. The minimum atomic E-state index is -0.363. The summed E-state index contributed by atoms with van der Waals surface area (Å²) in [5.41, 5.74) is 0.581. The van der Waals surface area contributed by atoms with Crippen LogP contribution in [0.3, 0.4) is 0 Å². The predicted octanol–water partition coefficient (Wildman–Crippen LogP) is 2.89. The minimum absolute atomic E-state index is 0.0583. The highest BCUT2D eigenvalue weighted by atomic mass is 79.9. The molecule has 1 rings (SSSR count). The molecule has 0 N–H and O–H groups in total. The predicted molar refractivity (Wildman–Crippen MR) is 67.6 cm³/mol. The Kier molecular flexibility index (Phi) is 5.55. The third-order valence-electron chi connectivity index (χ3n) is 1.71. The molecule has 0 bridgehead atoms. The number of esters is 1. The van der Waals surface area contributed by atoms with Crippen LogP contribution >= 0.6 is 27.7 Å². The van der Waals surface area contributed by atoms with Crippen molar-refractivity contribution in [3.63, 3.8) is 0 Å². The van der Waals surface area contributed by atoms with Gasteiger partial charge in [-0.25, -0.2) is 0 Å². The Morgan fingerprint density at radius 3 is 2.50 bits per heavy atom. The lowest BCUT2D eigenvalue weighted by atomic mass is 10.2. The Bertz CT molecular complexity index is 375. The summed E-state index contributed by atoms with van der Waals surface area (Å²) in [5, 5.41) is -0.124. The van der Waals surface area contributed by atoms with Crippen LogP contribution < -0.4 is 0 Å². The molecule has 0 saturated carbocycles. The van der Waals surface area contributed by atoms with Crippen molar-refractivity contribution in [2.45, 2.75) is 6.92 Å². The van der Waals surface area contributed by atoms with Crippen LogP contribution in [0.2, 0.25) is 0 Å². The van der Waals surface area contributed by atoms with Gasteiger partial charge in [0, 0.05) is 10.0 Å². The van der Waals surface area contributed by atoms with Gasteiger partial charge >= 0.3 is 5.97 Å². The number of ether oxygens (including phenoxy) is 1. The Morgan fingerprint density at radius 2 is 1.94 bits per heavy atom. The van der Waals surface area contributed by atoms with Gasteiger partial charge in [0.2, 0.25) is 5.12 Å². The number of hydrogen-bond donors (Lipinski definition) is 0. The van der Waals surface area contributed by atoms with E-state index in [1.165, 1.54) is 0 Å². The first-order chi connectivity index (χ1) is 7.63. The second-order valence-electron chi connectivity index (χ2n) is 2.89. The van der Waals surface area contributed by atoms with Crippen LogP contribution in [-0.4, -0.2) is 23.4 Å². The molecule has 0 unspecified atom stereocenters. The molecule has 0 saturated heterocycles. The maximum absolute atomic E-state index is 11.6. The molecule has 3 nitrogen and oxygen atoms in total. The fourth-order valence-electron chi connectivity index (χ4n) is 0.996. The van der Waals surface area contributed by atoms with Crippen LogP contribution in [0.15, 0.2) is 28.7 Å². The van der Waals surface area contributed by atoms with Gasteiger partial charge in [-0.05, 0) is 31.2 Å². The zero-order valence-corrected chi connectivity index (χ0v) is 11.1. The van der Waals surface area contributed by atoms with Crippen molar-refractivity contribution in [1.82, 2.24) is 0 Å². The van der Waals surface area contributed by atoms with Gasteiger partial charge in [-0.3, -0.25) is 9.59 Å². The highest BCUT2D eigenvalue weighted by Crippen LogP contribution is 2.16. The van der Waals surface area contributed by atoms with Crippen LogP contribution in [-0.2, 0) is 9.53 Å². The van der Waals surface area contributed by atoms with E-state index in [0.717, 1.165) is 16.2 Å². The first-order valence-electron chi connectivity index (χ1n) is 4.71. The molecule has 0 aromatic heterocycles. The summed E-state index contributed by atoms with van der Waals surface area (Å²) in [6, 6.07) is 7.01. The number of thioether (sulfide) groups is 1. The number of halogens is 1. The number of hydrogen-bond acceptors (Lipinski definition) is 4. The normalized spacial score (nSPS) is 9.88. The van der Waals surface area contributed by atoms with Crippen molar-refractivity contribution in [2.24, 2.45) is 0 Å². The fraction of sp³-hybridized carbons (Fsp3) is 0.273. The summed E-state index contributed by atoms with van der Waals surface area (Å²) in [5.74, 6) is -0.305. The van der Waals surface area contributed by atoms with Gasteiger partial charge in [0.25, 0.3) is 0 Å². The van der Waals surface area contributed by atoms with Crippen LogP contribution in [0.1, 0.15) is 17.3 Å². The standard InChI is InChI=1S/C11H11BrO3S/c1-2-15-10(13)7-16-11(14)8-3-5-9(12)6-4-8/h3-6H,2,7H2,1H3. The summed E-state index contributed by atoms with van der Waals surface area (Å²) in [6.07, 6.45) is 0. The molecule has 0 radical (unpaired) electrons. The average molecular weight is 303 g/mol. The molecule has 1 aromatic carbocycles. The van der Waals surface area contributed by atoms with Gasteiger partial charge in [0.15, 0.2) is 0 Å². The molecule has 86 valence electrons. The van der Waals surface area contributed by atoms with E-state index in [2.05, 4.69) is 15.9 Å². The van der Waals surface area contributed by atoms with Gasteiger partial charge < -0.3 is 4.74 Å². The van der Waals surface area contributed by atoms with Crippen LogP contribution in [0.4, 0.5) is 0 Å². The molecule has 0 atom stereocenters. The molecule has 0 amide bonds. The van der Waals surface area contributed by atoms with E-state index in [4.69, 9.17) is 4.74 Å². The molecule has 0 spiro atoms. The van der Waals surface area contributed by atoms with Gasteiger partial charge in [-0.15, -0.1) is 0 Å². The molecule has 0 aliphatic heterocycles. The quantitative estimate of drug-likeness (QED) is 0.802. The number of carbonyl (C=O) groups excluding carboxylic acids is 2. The second kappa shape index (κ2) is 6.70. The smallest absolute Gasteiger partial charge is 0.316 e. The molecule has 16 heavy (non-hydrogen) atoms. The third-order valence-corrected chi connectivity index (χ3v) is 3.11. The molecular weight excluding hydrogens is 292 g/mol. The van der Waals surface area contributed by atoms with Crippen LogP contribution in [0.5, 0.6) is 0 Å². The Balaban J connectivity index is 2.47. The third kappa shape index (κ3) is 4.37. The molecule has 1 aromatic rings. The van der Waals surface area contributed by atoms with E-state index in [0.29, 0.717) is 12.2 Å². The SMILES string of the molecule is CCOC(=O)CSC(=O)c1ccc(Br)cc1. The maximum atomic E-state index is 11.6. The number of rotatable bonds is 4. The van der Waals surface area contributed by atoms with E-state index in [1.54, 1.807) is 31.2 Å². The second-order valence-corrected chi connectivity index (χ2v) is 4.75. The number of carbonyl (C=O) groups is 2. The highest BCUT2D eigenvalue weighted by Gasteiger charge is 2.10. The minimum Gasteiger partial charge on any atom is -0.465 e. The molecule has 0 aliphatic rings. The van der Waals surface area contributed by atoms with E-state index in [9.17, 15) is 9.59 Å². The van der Waals surface area contributed by atoms with Crippen LogP contribution in [0, 0.1) is 0 Å². The molecular formula is C11H11BrO3S. The average Bonchev–Trinajstić information content (AvgIpc) is 2.27. The van der Waals surface area contributed by atoms with Crippen molar-refractivity contribution in [3.8, 4) is 0 Å². The summed E-state index contributed by atoms with van der Waals surface area (Å²) in [4.78, 5) is 22.6. The van der Waals surface area contributed by atoms with Gasteiger partial charge in [0.05, 0.1) is 12.4 Å². The van der Waals surface area contributed by atoms with Crippen molar-refractivity contribution >= 4 is 38.8 Å². The summed E-state index contributed by atoms with van der Waals surface area (Å²) in [6.45, 7) is 2.07. The largest absolute Gasteiger partial charge is 0.465 e. The lowest BCUT2D eigenvalue weighted by Crippen LogP contribution is -2.08. The van der Waals surface area contributed by atoms with E-state index in [-0.39, 0.29) is 16.8 Å². The lowest BCUT2D eigenvalue weighted by Gasteiger charge is -2.01. The van der Waals surface area contributed by atoms with Crippen molar-refractivity contribution < 1.29 is 14.3 Å². The lowest BCUT2D eigenvalue weighted by molar-refractivity contribution is -0.139. The zero-order valence-electron chi connectivity index (χ0n) is 8.73. The van der Waals surface area contributed by atoms with Crippen molar-refractivity contribution in [2.75, 3.05) is 12.4 Å². The van der Waals surface area contributed by atoms with Gasteiger partial charge in [-0.2, -0.15) is 0 Å². The first kappa shape index (κ1) is 13.3. The Hall–Kier alpha value is -0.810. The summed E-state index contributed by atoms with van der Waals surface area (Å²) in [7, 11) is 0. The zero-order chi connectivity index (χ0) is 12.0. The Labute approximate surface area is 107 Å². The maximum Gasteiger partial charge on any atom is 0.316 e. The van der Waals surface area contributed by atoms with E-state index in [1.807, 2.05) is 0 Å². The summed E-state index contributed by atoms with van der Waals surface area (Å²) >= 11 is 4.24. The monoisotopic (exact) mass is 302 g/mol. The van der Waals surface area contributed by atoms with E-state index < -0.39 is 0 Å². The first-order valence-corrected chi connectivity index (χ1v) is 6.49. The van der Waals surface area contributed by atoms with Crippen LogP contribution in [0.25, 0.3) is 0 Å². The molecule has 5 heteroatoms. The number of benzene rings is 1. The van der Waals surface area contributed by atoms with Gasteiger partial charge in [-0.1, -0.05) is 27.7 Å². The van der Waals surface area contributed by atoms with Crippen molar-refractivity contribution in [3.05, 3.63) is 34.3 Å². The van der Waals surface area contributed by atoms with Gasteiger partial charge in [0.1, 0.15) is 0 Å². The van der Waals surface area contributed by atoms with E-state index >= 15 is 0 Å². The van der Waals surface area contributed by atoms with Crippen molar-refractivity contribution in [1.29, 1.82) is 0 Å².